The number of esters is 2. The first-order chi connectivity index (χ1) is 45.0. The maximum absolute atomic E-state index is 13.4. The Morgan fingerprint density at radius 1 is 0.441 bits per heavy atom. The van der Waals surface area contributed by atoms with E-state index in [1.54, 1.807) is 88.3 Å². The van der Waals surface area contributed by atoms with E-state index in [1.807, 2.05) is 69.3 Å². The molecule has 0 spiro atoms. The third-order valence-corrected chi connectivity index (χ3v) is 15.7. The number of carboxylic acids is 1. The number of para-hydroxylation sites is 3. The summed E-state index contributed by atoms with van der Waals surface area (Å²) in [5.41, 5.74) is 4.35. The van der Waals surface area contributed by atoms with Crippen molar-refractivity contribution in [3.63, 3.8) is 0 Å². The number of aliphatic hydroxyl groups is 1. The fourth-order valence-electron chi connectivity index (χ4n) is 10.6. The van der Waals surface area contributed by atoms with Gasteiger partial charge in [-0.05, 0) is 120 Å². The van der Waals surface area contributed by atoms with Gasteiger partial charge in [0.15, 0.2) is 0 Å². The summed E-state index contributed by atoms with van der Waals surface area (Å²) in [4.78, 5) is 95.0. The fraction of sp³-hybridized carbons (Fsp3) is 0.308. The van der Waals surface area contributed by atoms with Crippen molar-refractivity contribution in [2.45, 2.75) is 95.7 Å². The molecule has 482 valence electrons. The molecule has 6 aromatic heterocycles. The first-order valence-corrected chi connectivity index (χ1v) is 30.1. The minimum Gasteiger partial charge on any atom is -0.478 e. The summed E-state index contributed by atoms with van der Waals surface area (Å²) in [6, 6.07) is 30.9. The number of rotatable bonds is 13. The highest BCUT2D eigenvalue weighted by molar-refractivity contribution is 6.29. The molecule has 3 fully saturated rings. The number of aromatic carboxylic acids is 1. The minimum absolute atomic E-state index is 0.0364. The highest BCUT2D eigenvalue weighted by Crippen LogP contribution is 2.28. The quantitative estimate of drug-likeness (QED) is 0.0823. The van der Waals surface area contributed by atoms with Crippen molar-refractivity contribution in [3.05, 3.63) is 204 Å². The van der Waals surface area contributed by atoms with Gasteiger partial charge >= 0.3 is 17.9 Å². The molecule has 3 amide bonds. The third kappa shape index (κ3) is 17.2. The number of carboxylic acid groups (broad SMARTS) is 1. The molecule has 0 radical (unpaired) electrons. The molecule has 0 aliphatic carbocycles. The highest BCUT2D eigenvalue weighted by atomic mass is 35.5. The second-order valence-electron chi connectivity index (χ2n) is 21.7. The largest absolute Gasteiger partial charge is 0.478 e. The number of likely N-dealkylation sites (tertiary alicyclic amines) is 3. The topological polar surface area (TPSA) is 320 Å². The van der Waals surface area contributed by atoms with Gasteiger partial charge in [-0.3, -0.25) is 14.4 Å². The lowest BCUT2D eigenvalue weighted by molar-refractivity contribution is 0.0309. The van der Waals surface area contributed by atoms with Crippen LogP contribution in [-0.2, 0) is 9.47 Å². The van der Waals surface area contributed by atoms with Crippen LogP contribution >= 0.6 is 11.6 Å². The first kappa shape index (κ1) is 66.6. The Balaban J connectivity index is 0.000000154. The number of amides is 3. The van der Waals surface area contributed by atoms with Crippen molar-refractivity contribution in [1.82, 2.24) is 74.6 Å². The lowest BCUT2D eigenvalue weighted by Crippen LogP contribution is -2.49. The molecule has 93 heavy (non-hydrogen) atoms. The van der Waals surface area contributed by atoms with Crippen molar-refractivity contribution >= 4 is 47.2 Å². The van der Waals surface area contributed by atoms with Crippen LogP contribution in [0.3, 0.4) is 0 Å². The lowest BCUT2D eigenvalue weighted by atomic mass is 9.99. The number of carbonyl (C=O) groups is 6. The Kier molecular flexibility index (Phi) is 22.8. The highest BCUT2D eigenvalue weighted by Gasteiger charge is 2.35. The second-order valence-corrected chi connectivity index (χ2v) is 22.1. The molecular formula is C65H68ClN15O12. The summed E-state index contributed by atoms with van der Waals surface area (Å²) in [5.74, 6) is -1.66. The normalized spacial score (nSPS) is 18.3. The van der Waals surface area contributed by atoms with E-state index in [1.165, 1.54) is 71.5 Å². The molecule has 0 saturated carbocycles. The van der Waals surface area contributed by atoms with Gasteiger partial charge in [-0.1, -0.05) is 48.0 Å². The molecule has 27 nitrogen and oxygen atoms in total. The fourth-order valence-corrected chi connectivity index (χ4v) is 10.7. The number of nitrogens with zero attached hydrogens (tertiary/aromatic N) is 15. The van der Waals surface area contributed by atoms with Gasteiger partial charge in [0.05, 0.1) is 121 Å². The summed E-state index contributed by atoms with van der Waals surface area (Å²) in [6.07, 6.45) is 17.4. The SMILES string of the molecule is COC(=O)c1ccnc(Cl)c1.COC(=O)c1ccnc(O[C@@H]2CC[C@@H](C)N(C(=O)c3ccccc3-n3nccn3)C2)c1.C[C@@H]1CC[C@@H](O)CN1C(=O)c1ccccc1-n1nccn1.C[C@@H]1CC[C@@H](Oc2cc(C(=O)O)ccn2)CN1C(=O)c1ccccc1-n1nccn1. The summed E-state index contributed by atoms with van der Waals surface area (Å²) in [5, 5.41) is 44.0. The van der Waals surface area contributed by atoms with Gasteiger partial charge in [0.1, 0.15) is 17.4 Å². The molecule has 12 rings (SSSR count). The average molecular weight is 1290 g/mol. The third-order valence-electron chi connectivity index (χ3n) is 15.5. The van der Waals surface area contributed by atoms with E-state index in [0.717, 1.165) is 38.5 Å². The summed E-state index contributed by atoms with van der Waals surface area (Å²) < 4.78 is 21.1. The van der Waals surface area contributed by atoms with Crippen LogP contribution in [0.15, 0.2) is 165 Å². The molecule has 28 heteroatoms. The second kappa shape index (κ2) is 31.8. The smallest absolute Gasteiger partial charge is 0.338 e. The van der Waals surface area contributed by atoms with Gasteiger partial charge in [0.25, 0.3) is 17.7 Å². The van der Waals surface area contributed by atoms with Crippen molar-refractivity contribution in [3.8, 4) is 28.8 Å². The minimum atomic E-state index is -1.04. The van der Waals surface area contributed by atoms with E-state index in [-0.39, 0.29) is 64.7 Å². The van der Waals surface area contributed by atoms with E-state index in [2.05, 4.69) is 50.3 Å². The monoisotopic (exact) mass is 1290 g/mol. The van der Waals surface area contributed by atoms with Crippen molar-refractivity contribution in [2.75, 3.05) is 33.9 Å². The number of hydrogen-bond donors (Lipinski definition) is 2. The molecule has 3 saturated heterocycles. The van der Waals surface area contributed by atoms with Gasteiger partial charge in [-0.25, -0.2) is 29.3 Å². The number of hydrogen-bond acceptors (Lipinski definition) is 20. The van der Waals surface area contributed by atoms with Crippen molar-refractivity contribution in [1.29, 1.82) is 0 Å². The molecule has 3 aliphatic heterocycles. The van der Waals surface area contributed by atoms with Crippen LogP contribution in [0.5, 0.6) is 11.8 Å². The predicted molar refractivity (Wildman–Crippen MR) is 335 cm³/mol. The number of aromatic nitrogens is 12. The van der Waals surface area contributed by atoms with E-state index < -0.39 is 24.0 Å². The van der Waals surface area contributed by atoms with Gasteiger partial charge < -0.3 is 43.9 Å². The van der Waals surface area contributed by atoms with Crippen molar-refractivity contribution < 1.29 is 57.9 Å². The molecule has 9 heterocycles. The van der Waals surface area contributed by atoms with Crippen LogP contribution in [0.1, 0.15) is 121 Å². The van der Waals surface area contributed by atoms with Crippen molar-refractivity contribution in [2.24, 2.45) is 0 Å². The van der Waals surface area contributed by atoms with Gasteiger partial charge in [-0.2, -0.15) is 45.0 Å². The maximum Gasteiger partial charge on any atom is 0.338 e. The van der Waals surface area contributed by atoms with Crippen LogP contribution < -0.4 is 9.47 Å². The first-order valence-electron chi connectivity index (χ1n) is 29.7. The number of aliphatic hydroxyl groups excluding tert-OH is 1. The van der Waals surface area contributed by atoms with Crippen LogP contribution in [0.2, 0.25) is 5.15 Å². The van der Waals surface area contributed by atoms with E-state index in [4.69, 9.17) is 30.9 Å². The average Bonchev–Trinajstić information content (AvgIpc) is 1.78. The Bertz CT molecular complexity index is 3990. The number of carbonyl (C=O) groups excluding carboxylic acids is 5. The van der Waals surface area contributed by atoms with Crippen LogP contribution in [0.4, 0.5) is 0 Å². The standard InChI is InChI=1S/C22H23N5O4.C21H21N5O4.C15H18N4O2.C7H6ClNO2/c1-15-7-8-17(31-20-13-16(9-10-23-20)22(29)30-2)14-26(15)21(28)18-5-3-4-6-19(18)27-24-11-12-25-27;1-14-6-7-16(30-19-12-15(21(28)29)8-9-22-19)13-25(14)20(27)17-4-2-3-5-18(17)26-23-10-11-24-26;1-11-6-7-12(20)10-18(11)15(21)13-4-2-3-5-14(13)19-16-8-9-17-19;1-11-7(10)5-2-3-9-6(8)4-5/h3-6,9-13,15,17H,7-8,14H2,1-2H3;2-5,8-12,14,16H,6-7,13H2,1H3,(H,28,29);2-5,8-9,11-12,20H,6-7,10H2,1H3;2-4H,1H3/t15-,17-;14-,16-;11-,12-;/m111./s1. The zero-order valence-corrected chi connectivity index (χ0v) is 52.2. The zero-order chi connectivity index (χ0) is 66.0. The van der Waals surface area contributed by atoms with E-state index in [9.17, 15) is 33.9 Å². The van der Waals surface area contributed by atoms with E-state index in [0.29, 0.717) is 70.4 Å². The molecule has 0 bridgehead atoms. The summed E-state index contributed by atoms with van der Waals surface area (Å²) >= 11 is 5.53. The van der Waals surface area contributed by atoms with Gasteiger partial charge in [0, 0.05) is 55.4 Å². The number of halogens is 1. The lowest BCUT2D eigenvalue weighted by Gasteiger charge is -2.38. The van der Waals surface area contributed by atoms with Gasteiger partial charge in [-0.15, -0.1) is 0 Å². The molecule has 9 aromatic rings. The maximum atomic E-state index is 13.4. The Labute approximate surface area is 539 Å². The molecule has 3 aromatic carbocycles. The number of benzene rings is 3. The molecule has 3 aliphatic rings. The molecule has 0 unspecified atom stereocenters. The summed E-state index contributed by atoms with van der Waals surface area (Å²) in [6.45, 7) is 7.20. The van der Waals surface area contributed by atoms with Crippen LogP contribution in [0.25, 0.3) is 17.1 Å². The predicted octanol–water partition coefficient (Wildman–Crippen LogP) is 7.73. The molecule has 6 atom stereocenters. The number of methoxy groups -OCH3 is 2. The number of piperidine rings is 3. The Hall–Kier alpha value is -10.8. The Morgan fingerprint density at radius 3 is 1.17 bits per heavy atom. The Morgan fingerprint density at radius 2 is 0.785 bits per heavy atom. The van der Waals surface area contributed by atoms with Gasteiger partial charge in [0.2, 0.25) is 11.8 Å². The number of β-amino-alcohol motifs (C(OH)–C–C–N with tert-alkyl or cyclic N) is 1. The number of pyridine rings is 3. The van der Waals surface area contributed by atoms with E-state index >= 15 is 0 Å². The van der Waals surface area contributed by atoms with Crippen LogP contribution in [-0.4, -0.2) is 191 Å². The summed E-state index contributed by atoms with van der Waals surface area (Å²) in [7, 11) is 2.64. The zero-order valence-electron chi connectivity index (χ0n) is 51.5. The molecular weight excluding hydrogens is 1220 g/mol. The number of ether oxygens (including phenoxy) is 4. The van der Waals surface area contributed by atoms with Crippen LogP contribution in [0, 0.1) is 0 Å². The molecule has 2 N–H and O–H groups in total.